The smallest absolute Gasteiger partial charge is 0.286 e. The van der Waals surface area contributed by atoms with Gasteiger partial charge in [-0.1, -0.05) is 36.2 Å². The van der Waals surface area contributed by atoms with Gasteiger partial charge >= 0.3 is 0 Å². The Bertz CT molecular complexity index is 342. The Labute approximate surface area is 97.4 Å². The van der Waals surface area contributed by atoms with E-state index in [9.17, 15) is 8.78 Å². The molecule has 1 rings (SSSR count). The van der Waals surface area contributed by atoms with Gasteiger partial charge in [-0.05, 0) is 18.7 Å². The maximum atomic E-state index is 13.5. The fourth-order valence-electron chi connectivity index (χ4n) is 1.16. The van der Waals surface area contributed by atoms with Gasteiger partial charge in [-0.25, -0.2) is 0 Å². The van der Waals surface area contributed by atoms with Crippen molar-refractivity contribution in [3.05, 3.63) is 33.8 Å². The molecule has 1 aromatic carbocycles. The second-order valence-corrected chi connectivity index (χ2v) is 3.95. The molecule has 5 heteroatoms. The Hall–Kier alpha value is -0.380. The maximum absolute atomic E-state index is 13.5. The molecule has 0 bridgehead atoms. The largest absolute Gasteiger partial charge is 0.311 e. The topological polar surface area (TPSA) is 12.0 Å². The third-order valence-electron chi connectivity index (χ3n) is 1.92. The average Bonchev–Trinajstić information content (AvgIpc) is 2.14. The highest BCUT2D eigenvalue weighted by Gasteiger charge is 2.33. The Morgan fingerprint density at radius 3 is 2.53 bits per heavy atom. The summed E-state index contributed by atoms with van der Waals surface area (Å²) in [6.45, 7) is 1.82. The lowest BCUT2D eigenvalue weighted by atomic mass is 10.1. The van der Waals surface area contributed by atoms with Crippen LogP contribution in [0.4, 0.5) is 8.78 Å². The number of likely N-dealkylation sites (N-methyl/N-ethyl adjacent to an activating group) is 1. The highest BCUT2D eigenvalue weighted by atomic mass is 35.5. The standard InChI is InChI=1S/C10H11Cl2F2N/c1-2-15-6-10(13,14)8-4-3-7(11)5-9(8)12/h3-5,15H,2,6H2,1H3. The minimum atomic E-state index is -2.97. The first-order valence-corrected chi connectivity index (χ1v) is 5.27. The molecule has 1 N–H and O–H groups in total. The van der Waals surface area contributed by atoms with Gasteiger partial charge in [0.1, 0.15) is 0 Å². The summed E-state index contributed by atoms with van der Waals surface area (Å²) in [6, 6.07) is 3.98. The van der Waals surface area contributed by atoms with Crippen LogP contribution in [0.2, 0.25) is 10.0 Å². The van der Waals surface area contributed by atoms with E-state index in [2.05, 4.69) is 5.32 Å². The molecule has 0 fully saturated rings. The predicted octanol–water partition coefficient (Wildman–Crippen LogP) is 3.69. The van der Waals surface area contributed by atoms with Crippen molar-refractivity contribution in [3.63, 3.8) is 0 Å². The van der Waals surface area contributed by atoms with Gasteiger partial charge in [0.15, 0.2) is 0 Å². The number of hydrogen-bond acceptors (Lipinski definition) is 1. The van der Waals surface area contributed by atoms with Crippen molar-refractivity contribution >= 4 is 23.2 Å². The molecule has 0 saturated carbocycles. The molecule has 0 aliphatic carbocycles. The van der Waals surface area contributed by atoms with E-state index in [1.165, 1.54) is 18.2 Å². The van der Waals surface area contributed by atoms with Gasteiger partial charge in [0.2, 0.25) is 0 Å². The maximum Gasteiger partial charge on any atom is 0.286 e. The summed E-state index contributed by atoms with van der Waals surface area (Å²) in [5.74, 6) is -2.97. The van der Waals surface area contributed by atoms with Crippen molar-refractivity contribution < 1.29 is 8.78 Å². The van der Waals surface area contributed by atoms with Crippen LogP contribution in [0.1, 0.15) is 12.5 Å². The molecule has 0 heterocycles. The van der Waals surface area contributed by atoms with Crippen LogP contribution in [0.25, 0.3) is 0 Å². The van der Waals surface area contributed by atoms with Gasteiger partial charge in [0, 0.05) is 10.6 Å². The van der Waals surface area contributed by atoms with Crippen LogP contribution in [0, 0.1) is 0 Å². The van der Waals surface area contributed by atoms with Crippen LogP contribution < -0.4 is 5.32 Å². The molecule has 0 atom stereocenters. The summed E-state index contributed by atoms with van der Waals surface area (Å²) in [5.41, 5.74) is -0.200. The Morgan fingerprint density at radius 1 is 1.33 bits per heavy atom. The number of benzene rings is 1. The van der Waals surface area contributed by atoms with E-state index < -0.39 is 12.5 Å². The van der Waals surface area contributed by atoms with Gasteiger partial charge in [-0.15, -0.1) is 0 Å². The minimum absolute atomic E-state index is 0.00889. The molecule has 0 unspecified atom stereocenters. The Balaban J connectivity index is 2.93. The van der Waals surface area contributed by atoms with Crippen molar-refractivity contribution in [2.45, 2.75) is 12.8 Å². The van der Waals surface area contributed by atoms with Gasteiger partial charge in [0.05, 0.1) is 11.6 Å². The van der Waals surface area contributed by atoms with Crippen molar-refractivity contribution in [2.24, 2.45) is 0 Å². The monoisotopic (exact) mass is 253 g/mol. The fraction of sp³-hybridized carbons (Fsp3) is 0.400. The van der Waals surface area contributed by atoms with Gasteiger partial charge in [-0.3, -0.25) is 0 Å². The second-order valence-electron chi connectivity index (χ2n) is 3.11. The van der Waals surface area contributed by atoms with Crippen molar-refractivity contribution in [3.8, 4) is 0 Å². The predicted molar refractivity (Wildman–Crippen MR) is 58.9 cm³/mol. The van der Waals surface area contributed by atoms with E-state index >= 15 is 0 Å². The zero-order valence-electron chi connectivity index (χ0n) is 8.16. The number of hydrogen-bond donors (Lipinski definition) is 1. The molecule has 0 radical (unpaired) electrons. The fourth-order valence-corrected chi connectivity index (χ4v) is 1.71. The summed E-state index contributed by atoms with van der Waals surface area (Å²) >= 11 is 11.3. The minimum Gasteiger partial charge on any atom is -0.311 e. The quantitative estimate of drug-likeness (QED) is 0.863. The summed E-state index contributed by atoms with van der Waals surface area (Å²) in [4.78, 5) is 0. The lowest BCUT2D eigenvalue weighted by Gasteiger charge is -2.18. The molecule has 0 amide bonds. The van der Waals surface area contributed by atoms with E-state index in [1.807, 2.05) is 0 Å². The lowest BCUT2D eigenvalue weighted by molar-refractivity contribution is -0.00248. The summed E-state index contributed by atoms with van der Waals surface area (Å²) in [6.07, 6.45) is 0. The molecule has 1 aromatic rings. The van der Waals surface area contributed by atoms with Crippen LogP contribution in [0.3, 0.4) is 0 Å². The number of rotatable bonds is 4. The van der Waals surface area contributed by atoms with Gasteiger partial charge in [0.25, 0.3) is 5.92 Å². The molecule has 15 heavy (non-hydrogen) atoms. The molecule has 0 aromatic heterocycles. The normalized spacial score (nSPS) is 11.8. The first kappa shape index (κ1) is 12.7. The van der Waals surface area contributed by atoms with Crippen molar-refractivity contribution in [2.75, 3.05) is 13.1 Å². The number of nitrogens with one attached hydrogen (secondary N) is 1. The zero-order chi connectivity index (χ0) is 11.5. The van der Waals surface area contributed by atoms with Crippen molar-refractivity contribution in [1.29, 1.82) is 0 Å². The second kappa shape index (κ2) is 5.10. The first-order valence-electron chi connectivity index (χ1n) is 4.51. The SMILES string of the molecule is CCNCC(F)(F)c1ccc(Cl)cc1Cl. The van der Waals surface area contributed by atoms with E-state index in [1.54, 1.807) is 6.92 Å². The molecular formula is C10H11Cl2F2N. The average molecular weight is 254 g/mol. The van der Waals surface area contributed by atoms with E-state index in [4.69, 9.17) is 23.2 Å². The van der Waals surface area contributed by atoms with Gasteiger partial charge < -0.3 is 5.32 Å². The molecule has 1 nitrogen and oxygen atoms in total. The molecule has 0 spiro atoms. The molecule has 0 aliphatic heterocycles. The summed E-state index contributed by atoms with van der Waals surface area (Å²) in [5, 5.41) is 2.93. The van der Waals surface area contributed by atoms with Crippen LogP contribution in [-0.4, -0.2) is 13.1 Å². The van der Waals surface area contributed by atoms with Crippen molar-refractivity contribution in [1.82, 2.24) is 5.32 Å². The lowest BCUT2D eigenvalue weighted by Crippen LogP contribution is -2.30. The van der Waals surface area contributed by atoms with Crippen LogP contribution in [0.15, 0.2) is 18.2 Å². The van der Waals surface area contributed by atoms with E-state index in [0.29, 0.717) is 11.6 Å². The first-order chi connectivity index (χ1) is 6.97. The van der Waals surface area contributed by atoms with Gasteiger partial charge in [-0.2, -0.15) is 8.78 Å². The van der Waals surface area contributed by atoms with Crippen LogP contribution in [0.5, 0.6) is 0 Å². The van der Waals surface area contributed by atoms with Crippen LogP contribution >= 0.6 is 23.2 Å². The molecule has 0 aliphatic rings. The third kappa shape index (κ3) is 3.30. The molecular weight excluding hydrogens is 243 g/mol. The Kier molecular flexibility index (Phi) is 4.32. The summed E-state index contributed by atoms with van der Waals surface area (Å²) in [7, 11) is 0. The molecule has 0 saturated heterocycles. The third-order valence-corrected chi connectivity index (χ3v) is 2.47. The van der Waals surface area contributed by atoms with E-state index in [0.717, 1.165) is 0 Å². The molecule has 84 valence electrons. The van der Waals surface area contributed by atoms with Crippen LogP contribution in [-0.2, 0) is 5.92 Å². The highest BCUT2D eigenvalue weighted by Crippen LogP contribution is 2.34. The number of halogens is 4. The number of alkyl halides is 2. The zero-order valence-corrected chi connectivity index (χ0v) is 9.67. The Morgan fingerprint density at radius 2 is 2.00 bits per heavy atom. The summed E-state index contributed by atoms with van der Waals surface area (Å²) < 4.78 is 27.1. The highest BCUT2D eigenvalue weighted by molar-refractivity contribution is 6.35. The van der Waals surface area contributed by atoms with E-state index in [-0.39, 0.29) is 10.6 Å².